The first-order chi connectivity index (χ1) is 13.0. The Bertz CT molecular complexity index is 1250. The van der Waals surface area contributed by atoms with Crippen molar-refractivity contribution < 1.29 is 15.0 Å². The molecule has 1 N–H and O–H groups in total. The minimum absolute atomic E-state index is 0.0537. The van der Waals surface area contributed by atoms with Crippen LogP contribution in [0, 0.1) is 20.2 Å². The van der Waals surface area contributed by atoms with Crippen LogP contribution in [-0.2, 0) is 0 Å². The molecule has 0 fully saturated rings. The number of aromatic hydroxyl groups is 1. The molecule has 0 atom stereocenters. The third-order valence-electron chi connectivity index (χ3n) is 4.54. The average molecular weight is 360 g/mol. The van der Waals surface area contributed by atoms with Crippen molar-refractivity contribution >= 4 is 32.9 Å². The second kappa shape index (κ2) is 6.06. The highest BCUT2D eigenvalue weighted by molar-refractivity contribution is 6.08. The van der Waals surface area contributed by atoms with Gasteiger partial charge in [-0.3, -0.25) is 20.2 Å². The first kappa shape index (κ1) is 16.5. The number of fused-ring (bicyclic) bond motifs is 2. The smallest absolute Gasteiger partial charge is 0.270 e. The fraction of sp³-hybridized carbons (Fsp3) is 0. The van der Waals surface area contributed by atoms with E-state index in [0.717, 1.165) is 10.8 Å². The molecular weight excluding hydrogens is 348 g/mol. The van der Waals surface area contributed by atoms with Crippen LogP contribution >= 0.6 is 0 Å². The Hall–Kier alpha value is -4.00. The second-order valence-electron chi connectivity index (χ2n) is 6.09. The molecule has 0 spiro atoms. The van der Waals surface area contributed by atoms with Crippen molar-refractivity contribution in [2.75, 3.05) is 0 Å². The molecule has 4 aromatic carbocycles. The molecule has 0 saturated carbocycles. The van der Waals surface area contributed by atoms with Crippen LogP contribution in [0.3, 0.4) is 0 Å². The van der Waals surface area contributed by atoms with E-state index < -0.39 is 9.85 Å². The zero-order valence-corrected chi connectivity index (χ0v) is 13.8. The number of rotatable bonds is 3. The number of non-ortho nitro benzene ring substituents is 2. The topological polar surface area (TPSA) is 107 Å². The van der Waals surface area contributed by atoms with Crippen LogP contribution in [0.4, 0.5) is 11.4 Å². The lowest BCUT2D eigenvalue weighted by Gasteiger charge is -2.12. The van der Waals surface area contributed by atoms with Gasteiger partial charge < -0.3 is 5.11 Å². The van der Waals surface area contributed by atoms with Gasteiger partial charge in [-0.05, 0) is 39.9 Å². The molecule has 0 unspecified atom stereocenters. The van der Waals surface area contributed by atoms with Crippen LogP contribution in [0.1, 0.15) is 0 Å². The van der Waals surface area contributed by atoms with Gasteiger partial charge in [0.1, 0.15) is 5.75 Å². The third kappa shape index (κ3) is 2.71. The predicted molar refractivity (Wildman–Crippen MR) is 102 cm³/mol. The first-order valence-electron chi connectivity index (χ1n) is 8.03. The zero-order valence-electron chi connectivity index (χ0n) is 13.8. The molecule has 27 heavy (non-hydrogen) atoms. The summed E-state index contributed by atoms with van der Waals surface area (Å²) < 4.78 is 0. The monoisotopic (exact) mass is 360 g/mol. The minimum Gasteiger partial charge on any atom is -0.507 e. The molecule has 0 saturated heterocycles. The molecule has 0 aliphatic heterocycles. The molecule has 4 aromatic rings. The highest BCUT2D eigenvalue weighted by Gasteiger charge is 2.17. The van der Waals surface area contributed by atoms with Gasteiger partial charge in [-0.15, -0.1) is 0 Å². The minimum atomic E-state index is -0.499. The van der Waals surface area contributed by atoms with Gasteiger partial charge in [0.25, 0.3) is 11.4 Å². The van der Waals surface area contributed by atoms with Crippen molar-refractivity contribution in [3.05, 3.63) is 87.0 Å². The Morgan fingerprint density at radius 3 is 1.89 bits per heavy atom. The van der Waals surface area contributed by atoms with Crippen LogP contribution in [0.5, 0.6) is 5.75 Å². The summed E-state index contributed by atoms with van der Waals surface area (Å²) in [5.74, 6) is -0.0537. The Balaban J connectivity index is 2.11. The van der Waals surface area contributed by atoms with E-state index in [2.05, 4.69) is 0 Å². The van der Waals surface area contributed by atoms with E-state index in [9.17, 15) is 25.3 Å². The lowest BCUT2D eigenvalue weighted by atomic mass is 9.92. The average Bonchev–Trinajstić information content (AvgIpc) is 2.66. The number of nitro groups is 2. The number of nitro benzene ring substituents is 2. The molecule has 0 aliphatic carbocycles. The Morgan fingerprint density at radius 2 is 1.26 bits per heavy atom. The summed E-state index contributed by atoms with van der Waals surface area (Å²) >= 11 is 0. The maximum absolute atomic E-state index is 11.2. The van der Waals surface area contributed by atoms with Gasteiger partial charge in [0.15, 0.2) is 0 Å². The first-order valence-corrected chi connectivity index (χ1v) is 8.03. The molecular formula is C20H12N2O5. The molecule has 7 nitrogen and oxygen atoms in total. The summed E-state index contributed by atoms with van der Waals surface area (Å²) in [5.41, 5.74) is 0.809. The summed E-state index contributed by atoms with van der Waals surface area (Å²) in [6, 6.07) is 17.4. The molecule has 0 heterocycles. The molecule has 7 heteroatoms. The number of hydrogen-bond acceptors (Lipinski definition) is 5. The molecule has 132 valence electrons. The summed E-state index contributed by atoms with van der Waals surface area (Å²) in [6.45, 7) is 0. The Morgan fingerprint density at radius 1 is 0.704 bits per heavy atom. The van der Waals surface area contributed by atoms with Crippen LogP contribution < -0.4 is 0 Å². The fourth-order valence-corrected chi connectivity index (χ4v) is 3.28. The molecule has 0 radical (unpaired) electrons. The Labute approximate surface area is 152 Å². The Kier molecular flexibility index (Phi) is 3.70. The van der Waals surface area contributed by atoms with E-state index in [1.165, 1.54) is 30.3 Å². The van der Waals surface area contributed by atoms with Crippen LogP contribution in [0.15, 0.2) is 66.7 Å². The maximum atomic E-state index is 11.2. The highest BCUT2D eigenvalue weighted by Crippen LogP contribution is 2.41. The summed E-state index contributed by atoms with van der Waals surface area (Å²) in [5, 5.41) is 35.4. The number of phenolic OH excluding ortho intramolecular Hbond substituents is 1. The standard InChI is InChI=1S/C20H12N2O5/c23-19-9-6-13-5-8-15(22(26)27)11-18(13)20(19)16-3-1-2-12-4-7-14(21(24)25)10-17(12)16/h1-11,23H. The van der Waals surface area contributed by atoms with Crippen molar-refractivity contribution in [3.63, 3.8) is 0 Å². The summed E-state index contributed by atoms with van der Waals surface area (Å²) in [7, 11) is 0. The number of phenols is 1. The van der Waals surface area contributed by atoms with E-state index in [0.29, 0.717) is 21.9 Å². The quantitative estimate of drug-likeness (QED) is 0.400. The van der Waals surface area contributed by atoms with Crippen molar-refractivity contribution in [1.82, 2.24) is 0 Å². The van der Waals surface area contributed by atoms with Crippen molar-refractivity contribution in [3.8, 4) is 16.9 Å². The van der Waals surface area contributed by atoms with Gasteiger partial charge in [-0.2, -0.15) is 0 Å². The maximum Gasteiger partial charge on any atom is 0.270 e. The second-order valence-corrected chi connectivity index (χ2v) is 6.09. The fourth-order valence-electron chi connectivity index (χ4n) is 3.28. The van der Waals surface area contributed by atoms with E-state index in [-0.39, 0.29) is 17.1 Å². The van der Waals surface area contributed by atoms with Crippen LogP contribution in [-0.4, -0.2) is 15.0 Å². The van der Waals surface area contributed by atoms with Crippen LogP contribution in [0.25, 0.3) is 32.7 Å². The molecule has 0 aromatic heterocycles. The van der Waals surface area contributed by atoms with Gasteiger partial charge in [0.05, 0.1) is 9.85 Å². The number of hydrogen-bond donors (Lipinski definition) is 1. The predicted octanol–water partition coefficient (Wildman–Crippen LogP) is 5.18. The number of nitrogens with zero attached hydrogens (tertiary/aromatic N) is 2. The molecule has 0 amide bonds. The summed E-state index contributed by atoms with van der Waals surface area (Å²) in [6.07, 6.45) is 0. The normalized spacial score (nSPS) is 11.0. The van der Waals surface area contributed by atoms with Gasteiger partial charge in [0.2, 0.25) is 0 Å². The molecule has 0 bridgehead atoms. The van der Waals surface area contributed by atoms with Crippen molar-refractivity contribution in [1.29, 1.82) is 0 Å². The van der Waals surface area contributed by atoms with E-state index in [1.807, 2.05) is 6.07 Å². The van der Waals surface area contributed by atoms with Crippen molar-refractivity contribution in [2.45, 2.75) is 0 Å². The molecule has 0 aliphatic rings. The third-order valence-corrected chi connectivity index (χ3v) is 4.54. The van der Waals surface area contributed by atoms with E-state index in [4.69, 9.17) is 0 Å². The van der Waals surface area contributed by atoms with Gasteiger partial charge in [-0.1, -0.05) is 24.3 Å². The largest absolute Gasteiger partial charge is 0.507 e. The van der Waals surface area contributed by atoms with E-state index >= 15 is 0 Å². The molecule has 4 rings (SSSR count). The van der Waals surface area contributed by atoms with Gasteiger partial charge in [0, 0.05) is 35.2 Å². The van der Waals surface area contributed by atoms with Gasteiger partial charge >= 0.3 is 0 Å². The van der Waals surface area contributed by atoms with E-state index in [1.54, 1.807) is 30.3 Å². The zero-order chi connectivity index (χ0) is 19.1. The SMILES string of the molecule is O=[N+]([O-])c1ccc2cccc(-c3c(O)ccc4ccc([N+](=O)[O-])cc34)c2c1. The van der Waals surface area contributed by atoms with Crippen LogP contribution in [0.2, 0.25) is 0 Å². The lowest BCUT2D eigenvalue weighted by molar-refractivity contribution is -0.384. The van der Waals surface area contributed by atoms with Crippen molar-refractivity contribution in [2.24, 2.45) is 0 Å². The number of benzene rings is 4. The van der Waals surface area contributed by atoms with Gasteiger partial charge in [-0.25, -0.2) is 0 Å². The highest BCUT2D eigenvalue weighted by atomic mass is 16.6. The lowest BCUT2D eigenvalue weighted by Crippen LogP contribution is -1.91. The summed E-state index contributed by atoms with van der Waals surface area (Å²) in [4.78, 5) is 21.4.